The third kappa shape index (κ3) is 3.22. The van der Waals surface area contributed by atoms with E-state index in [9.17, 15) is 0 Å². The molecule has 1 unspecified atom stereocenters. The zero-order chi connectivity index (χ0) is 14.6. The molecular formula is C17H28N2O. The number of ether oxygens (including phenoxy) is 1. The van der Waals surface area contributed by atoms with Crippen molar-refractivity contribution in [2.45, 2.75) is 58.1 Å². The van der Waals surface area contributed by atoms with Crippen LogP contribution in [0, 0.1) is 12.8 Å². The summed E-state index contributed by atoms with van der Waals surface area (Å²) in [7, 11) is 0. The zero-order valence-corrected chi connectivity index (χ0v) is 13.0. The molecular weight excluding hydrogens is 248 g/mol. The zero-order valence-electron chi connectivity index (χ0n) is 13.0. The Bertz CT molecular complexity index is 408. The lowest BCUT2D eigenvalue weighted by atomic mass is 9.73. The van der Waals surface area contributed by atoms with Crippen LogP contribution in [0.1, 0.15) is 56.7 Å². The summed E-state index contributed by atoms with van der Waals surface area (Å²) >= 11 is 0. The predicted molar refractivity (Wildman–Crippen MR) is 83.2 cm³/mol. The number of hydrazine groups is 1. The number of aryl methyl sites for hydroxylation is 1. The molecule has 0 amide bonds. The van der Waals surface area contributed by atoms with E-state index in [0.29, 0.717) is 0 Å². The topological polar surface area (TPSA) is 47.3 Å². The van der Waals surface area contributed by atoms with Crippen molar-refractivity contribution in [1.29, 1.82) is 0 Å². The quantitative estimate of drug-likeness (QED) is 0.639. The molecule has 0 bridgehead atoms. The van der Waals surface area contributed by atoms with Crippen molar-refractivity contribution in [2.24, 2.45) is 11.8 Å². The first-order chi connectivity index (χ1) is 9.61. The smallest absolute Gasteiger partial charge is 0.0889 e. The van der Waals surface area contributed by atoms with Crippen LogP contribution in [0.2, 0.25) is 0 Å². The van der Waals surface area contributed by atoms with E-state index < -0.39 is 0 Å². The van der Waals surface area contributed by atoms with E-state index in [1.54, 1.807) is 0 Å². The Kier molecular flexibility index (Phi) is 5.19. The fourth-order valence-corrected chi connectivity index (χ4v) is 3.37. The molecule has 1 fully saturated rings. The van der Waals surface area contributed by atoms with Crippen LogP contribution in [-0.2, 0) is 4.74 Å². The molecule has 0 aliphatic heterocycles. The Morgan fingerprint density at radius 3 is 2.40 bits per heavy atom. The summed E-state index contributed by atoms with van der Waals surface area (Å²) < 4.78 is 6.21. The largest absolute Gasteiger partial charge is 0.373 e. The van der Waals surface area contributed by atoms with Crippen LogP contribution in [0.15, 0.2) is 24.3 Å². The molecule has 2 rings (SSSR count). The van der Waals surface area contributed by atoms with E-state index in [-0.39, 0.29) is 11.6 Å². The van der Waals surface area contributed by atoms with Crippen molar-refractivity contribution in [3.63, 3.8) is 0 Å². The molecule has 1 saturated carbocycles. The molecule has 0 aromatic heterocycles. The molecule has 20 heavy (non-hydrogen) atoms. The van der Waals surface area contributed by atoms with Crippen molar-refractivity contribution in [3.8, 4) is 0 Å². The minimum Gasteiger partial charge on any atom is -0.373 e. The summed E-state index contributed by atoms with van der Waals surface area (Å²) in [5.41, 5.74) is 5.36. The average Bonchev–Trinajstić information content (AvgIpc) is 2.45. The predicted octanol–water partition coefficient (Wildman–Crippen LogP) is 3.48. The van der Waals surface area contributed by atoms with Gasteiger partial charge in [-0.3, -0.25) is 11.3 Å². The summed E-state index contributed by atoms with van der Waals surface area (Å²) in [4.78, 5) is 0. The highest BCUT2D eigenvalue weighted by molar-refractivity contribution is 5.26. The van der Waals surface area contributed by atoms with Gasteiger partial charge in [-0.05, 0) is 51.0 Å². The lowest BCUT2D eigenvalue weighted by molar-refractivity contribution is -0.0977. The van der Waals surface area contributed by atoms with Crippen LogP contribution in [0.5, 0.6) is 0 Å². The van der Waals surface area contributed by atoms with E-state index in [1.165, 1.54) is 24.0 Å². The molecule has 1 atom stereocenters. The summed E-state index contributed by atoms with van der Waals surface area (Å²) in [6.45, 7) is 7.24. The molecule has 0 radical (unpaired) electrons. The van der Waals surface area contributed by atoms with Crippen molar-refractivity contribution in [1.82, 2.24) is 5.43 Å². The second-order valence-corrected chi connectivity index (χ2v) is 6.19. The van der Waals surface area contributed by atoms with Crippen molar-refractivity contribution in [3.05, 3.63) is 35.4 Å². The fraction of sp³-hybridized carbons (Fsp3) is 0.647. The third-order valence-electron chi connectivity index (χ3n) is 4.66. The van der Waals surface area contributed by atoms with Crippen LogP contribution in [0.4, 0.5) is 0 Å². The lowest BCUT2D eigenvalue weighted by Gasteiger charge is -2.44. The maximum absolute atomic E-state index is 6.21. The number of nitrogens with one attached hydrogen (secondary N) is 1. The van der Waals surface area contributed by atoms with Gasteiger partial charge in [-0.1, -0.05) is 36.8 Å². The molecule has 0 heterocycles. The molecule has 1 aliphatic carbocycles. The van der Waals surface area contributed by atoms with Gasteiger partial charge in [0.1, 0.15) is 0 Å². The minimum atomic E-state index is -0.161. The van der Waals surface area contributed by atoms with Gasteiger partial charge in [-0.2, -0.15) is 0 Å². The number of hydrogen-bond donors (Lipinski definition) is 2. The number of rotatable bonds is 5. The Balaban J connectivity index is 2.27. The lowest BCUT2D eigenvalue weighted by Crippen LogP contribution is -2.50. The average molecular weight is 276 g/mol. The molecule has 1 aromatic carbocycles. The maximum atomic E-state index is 6.21. The van der Waals surface area contributed by atoms with Gasteiger partial charge in [0.15, 0.2) is 0 Å². The maximum Gasteiger partial charge on any atom is 0.0889 e. The first-order valence-electron chi connectivity index (χ1n) is 7.78. The van der Waals surface area contributed by atoms with E-state index in [2.05, 4.69) is 50.5 Å². The van der Waals surface area contributed by atoms with Crippen LogP contribution in [0.25, 0.3) is 0 Å². The van der Waals surface area contributed by atoms with Gasteiger partial charge in [0.05, 0.1) is 11.6 Å². The van der Waals surface area contributed by atoms with Crippen LogP contribution in [0.3, 0.4) is 0 Å². The van der Waals surface area contributed by atoms with E-state index in [1.807, 2.05) is 0 Å². The summed E-state index contributed by atoms with van der Waals surface area (Å²) in [6, 6.07) is 8.68. The number of hydrogen-bond acceptors (Lipinski definition) is 3. The highest BCUT2D eigenvalue weighted by atomic mass is 16.5. The van der Waals surface area contributed by atoms with Gasteiger partial charge < -0.3 is 4.74 Å². The second kappa shape index (κ2) is 6.70. The standard InChI is InChI=1S/C17H28N2O/c1-4-20-17(11-9-14(3)10-12-17)16(19-18)15-7-5-13(2)6-8-15/h5-8,14,16,19H,4,9-12,18H2,1-3H3. The first kappa shape index (κ1) is 15.5. The van der Waals surface area contributed by atoms with Crippen LogP contribution in [-0.4, -0.2) is 12.2 Å². The van der Waals surface area contributed by atoms with Crippen molar-refractivity contribution in [2.75, 3.05) is 6.61 Å². The van der Waals surface area contributed by atoms with Gasteiger partial charge in [-0.25, -0.2) is 0 Å². The van der Waals surface area contributed by atoms with E-state index >= 15 is 0 Å². The Morgan fingerprint density at radius 1 is 1.30 bits per heavy atom. The van der Waals surface area contributed by atoms with Crippen molar-refractivity contribution < 1.29 is 4.74 Å². The van der Waals surface area contributed by atoms with Gasteiger partial charge in [-0.15, -0.1) is 0 Å². The highest BCUT2D eigenvalue weighted by Crippen LogP contribution is 2.43. The summed E-state index contributed by atoms with van der Waals surface area (Å²) in [5, 5.41) is 0. The summed E-state index contributed by atoms with van der Waals surface area (Å²) in [6.07, 6.45) is 4.57. The molecule has 3 nitrogen and oxygen atoms in total. The highest BCUT2D eigenvalue weighted by Gasteiger charge is 2.42. The van der Waals surface area contributed by atoms with E-state index in [0.717, 1.165) is 25.4 Å². The van der Waals surface area contributed by atoms with Gasteiger partial charge >= 0.3 is 0 Å². The van der Waals surface area contributed by atoms with E-state index in [4.69, 9.17) is 10.6 Å². The molecule has 3 heteroatoms. The van der Waals surface area contributed by atoms with Crippen LogP contribution >= 0.6 is 0 Å². The fourth-order valence-electron chi connectivity index (χ4n) is 3.37. The third-order valence-corrected chi connectivity index (χ3v) is 4.66. The normalized spacial score (nSPS) is 28.3. The molecule has 3 N–H and O–H groups in total. The van der Waals surface area contributed by atoms with Gasteiger partial charge in [0.2, 0.25) is 0 Å². The van der Waals surface area contributed by atoms with Crippen molar-refractivity contribution >= 4 is 0 Å². The Hall–Kier alpha value is -0.900. The Labute approximate surface area is 122 Å². The minimum absolute atomic E-state index is 0.0653. The first-order valence-corrected chi connectivity index (χ1v) is 7.78. The Morgan fingerprint density at radius 2 is 1.90 bits per heavy atom. The molecule has 0 saturated heterocycles. The monoisotopic (exact) mass is 276 g/mol. The summed E-state index contributed by atoms with van der Waals surface area (Å²) in [5.74, 6) is 6.69. The van der Waals surface area contributed by atoms with Crippen LogP contribution < -0.4 is 11.3 Å². The number of benzene rings is 1. The molecule has 112 valence electrons. The molecule has 1 aromatic rings. The van der Waals surface area contributed by atoms with Gasteiger partial charge in [0, 0.05) is 6.61 Å². The van der Waals surface area contributed by atoms with Gasteiger partial charge in [0.25, 0.3) is 0 Å². The SMILES string of the molecule is CCOC1(C(NN)c2ccc(C)cc2)CCC(C)CC1. The molecule has 1 aliphatic rings. The number of nitrogens with two attached hydrogens (primary N) is 1. The second-order valence-electron chi connectivity index (χ2n) is 6.19. The molecule has 0 spiro atoms.